The van der Waals surface area contributed by atoms with Crippen LogP contribution >= 0.6 is 23.1 Å². The van der Waals surface area contributed by atoms with Crippen molar-refractivity contribution >= 4 is 44.9 Å². The van der Waals surface area contributed by atoms with Crippen LogP contribution in [0.5, 0.6) is 0 Å². The number of benzene rings is 1. The van der Waals surface area contributed by atoms with E-state index in [1.54, 1.807) is 10.8 Å². The molecule has 0 aliphatic rings. The number of anilines is 1. The van der Waals surface area contributed by atoms with Crippen molar-refractivity contribution in [2.24, 2.45) is 0 Å². The van der Waals surface area contributed by atoms with Crippen molar-refractivity contribution < 1.29 is 4.79 Å². The van der Waals surface area contributed by atoms with Gasteiger partial charge in [-0.3, -0.25) is 19.1 Å². The number of hydrogen-bond acceptors (Lipinski definition) is 6. The van der Waals surface area contributed by atoms with E-state index in [1.165, 1.54) is 28.7 Å². The maximum Gasteiger partial charge on any atom is 0.263 e. The number of thiophene rings is 1. The molecule has 164 valence electrons. The summed E-state index contributed by atoms with van der Waals surface area (Å²) in [5, 5.41) is 4.08. The number of aromatic nitrogens is 3. The van der Waals surface area contributed by atoms with E-state index in [2.05, 4.69) is 17.2 Å². The summed E-state index contributed by atoms with van der Waals surface area (Å²) in [5.41, 5.74) is 3.60. The molecule has 0 aliphatic heterocycles. The Morgan fingerprint density at radius 1 is 1.16 bits per heavy atom. The second-order valence-corrected chi connectivity index (χ2v) is 9.60. The molecule has 1 amide bonds. The van der Waals surface area contributed by atoms with Gasteiger partial charge in [-0.2, -0.15) is 0 Å². The Bertz CT molecular complexity index is 1310. The van der Waals surface area contributed by atoms with Crippen molar-refractivity contribution in [1.29, 1.82) is 0 Å². The van der Waals surface area contributed by atoms with Crippen LogP contribution in [0.25, 0.3) is 10.2 Å². The summed E-state index contributed by atoms with van der Waals surface area (Å²) in [5.74, 6) is 0.00971. The SMILES string of the molecule is CCc1ccc(NC(=O)CSc2nc3sc(C)c(C)c3c(=O)n2Cc2ccccn2)cc1. The molecule has 0 fully saturated rings. The molecule has 0 spiro atoms. The average molecular weight is 465 g/mol. The summed E-state index contributed by atoms with van der Waals surface area (Å²) in [6.45, 7) is 6.34. The van der Waals surface area contributed by atoms with E-state index in [-0.39, 0.29) is 17.2 Å². The molecule has 1 aromatic carbocycles. The van der Waals surface area contributed by atoms with Crippen molar-refractivity contribution in [2.75, 3.05) is 11.1 Å². The van der Waals surface area contributed by atoms with E-state index < -0.39 is 0 Å². The number of nitrogens with zero attached hydrogens (tertiary/aromatic N) is 3. The monoisotopic (exact) mass is 464 g/mol. The zero-order valence-electron chi connectivity index (χ0n) is 18.2. The quantitative estimate of drug-likeness (QED) is 0.314. The van der Waals surface area contributed by atoms with Gasteiger partial charge < -0.3 is 5.32 Å². The third-order valence-electron chi connectivity index (χ3n) is 5.28. The summed E-state index contributed by atoms with van der Waals surface area (Å²) >= 11 is 2.77. The van der Waals surface area contributed by atoms with Crippen LogP contribution in [0.15, 0.2) is 58.6 Å². The fourth-order valence-electron chi connectivity index (χ4n) is 3.36. The van der Waals surface area contributed by atoms with Gasteiger partial charge in [-0.15, -0.1) is 11.3 Å². The van der Waals surface area contributed by atoms with Crippen molar-refractivity contribution in [3.05, 3.63) is 80.7 Å². The van der Waals surface area contributed by atoms with Gasteiger partial charge in [-0.05, 0) is 55.7 Å². The Hall–Kier alpha value is -2.97. The number of pyridine rings is 1. The van der Waals surface area contributed by atoms with E-state index in [1.807, 2.05) is 56.3 Å². The van der Waals surface area contributed by atoms with Gasteiger partial charge in [-0.25, -0.2) is 4.98 Å². The summed E-state index contributed by atoms with van der Waals surface area (Å²) in [6, 6.07) is 13.4. The molecule has 4 aromatic rings. The molecule has 0 atom stereocenters. The summed E-state index contributed by atoms with van der Waals surface area (Å²) in [6.07, 6.45) is 2.66. The molecule has 8 heteroatoms. The Kier molecular flexibility index (Phi) is 6.72. The Labute approximate surface area is 194 Å². The van der Waals surface area contributed by atoms with E-state index in [9.17, 15) is 9.59 Å². The normalized spacial score (nSPS) is 11.1. The summed E-state index contributed by atoms with van der Waals surface area (Å²) < 4.78 is 1.62. The largest absolute Gasteiger partial charge is 0.325 e. The van der Waals surface area contributed by atoms with E-state index in [4.69, 9.17) is 4.98 Å². The summed E-state index contributed by atoms with van der Waals surface area (Å²) in [4.78, 5) is 36.8. The second-order valence-electron chi connectivity index (χ2n) is 7.46. The van der Waals surface area contributed by atoms with Crippen molar-refractivity contribution in [1.82, 2.24) is 14.5 Å². The van der Waals surface area contributed by atoms with Gasteiger partial charge in [-0.1, -0.05) is 36.9 Å². The van der Waals surface area contributed by atoms with Gasteiger partial charge in [0.2, 0.25) is 5.91 Å². The number of carbonyl (C=O) groups excluding carboxylic acids is 1. The van der Waals surface area contributed by atoms with Crippen molar-refractivity contribution in [3.8, 4) is 0 Å². The Morgan fingerprint density at radius 3 is 2.62 bits per heavy atom. The number of fused-ring (bicyclic) bond motifs is 1. The Balaban J connectivity index is 1.60. The smallest absolute Gasteiger partial charge is 0.263 e. The lowest BCUT2D eigenvalue weighted by Gasteiger charge is -2.12. The molecule has 3 aromatic heterocycles. The lowest BCUT2D eigenvalue weighted by molar-refractivity contribution is -0.113. The first kappa shape index (κ1) is 22.2. The molecule has 0 radical (unpaired) electrons. The first-order chi connectivity index (χ1) is 15.5. The van der Waals surface area contributed by atoms with Crippen LogP contribution in [0, 0.1) is 13.8 Å². The van der Waals surface area contributed by atoms with Crippen molar-refractivity contribution in [3.63, 3.8) is 0 Å². The zero-order chi connectivity index (χ0) is 22.7. The lowest BCUT2D eigenvalue weighted by Crippen LogP contribution is -2.25. The fraction of sp³-hybridized carbons (Fsp3) is 0.250. The highest BCUT2D eigenvalue weighted by Crippen LogP contribution is 2.28. The molecule has 0 saturated carbocycles. The van der Waals surface area contributed by atoms with E-state index >= 15 is 0 Å². The number of carbonyl (C=O) groups is 1. The van der Waals surface area contributed by atoms with Crippen LogP contribution in [0.3, 0.4) is 0 Å². The number of rotatable bonds is 7. The molecular formula is C24H24N4O2S2. The van der Waals surface area contributed by atoms with E-state index in [0.717, 1.165) is 28.2 Å². The fourth-order valence-corrected chi connectivity index (χ4v) is 5.23. The van der Waals surface area contributed by atoms with E-state index in [0.29, 0.717) is 21.9 Å². The number of hydrogen-bond donors (Lipinski definition) is 1. The first-order valence-corrected chi connectivity index (χ1v) is 12.2. The molecule has 1 N–H and O–H groups in total. The zero-order valence-corrected chi connectivity index (χ0v) is 19.8. The van der Waals surface area contributed by atoms with Gasteiger partial charge in [0.15, 0.2) is 5.16 Å². The predicted octanol–water partition coefficient (Wildman–Crippen LogP) is 4.81. The molecular weight excluding hydrogens is 440 g/mol. The minimum absolute atomic E-state index is 0.0967. The van der Waals surface area contributed by atoms with Crippen LogP contribution in [0.1, 0.15) is 28.6 Å². The molecule has 6 nitrogen and oxygen atoms in total. The van der Waals surface area contributed by atoms with Crippen LogP contribution in [-0.4, -0.2) is 26.2 Å². The van der Waals surface area contributed by atoms with Crippen molar-refractivity contribution in [2.45, 2.75) is 38.9 Å². The number of thioether (sulfide) groups is 1. The third kappa shape index (κ3) is 4.76. The average Bonchev–Trinajstić information content (AvgIpc) is 3.09. The maximum absolute atomic E-state index is 13.4. The van der Waals surface area contributed by atoms with Gasteiger partial charge >= 0.3 is 0 Å². The van der Waals surface area contributed by atoms with Crippen LogP contribution < -0.4 is 10.9 Å². The third-order valence-corrected chi connectivity index (χ3v) is 7.36. The molecule has 3 heterocycles. The highest BCUT2D eigenvalue weighted by molar-refractivity contribution is 7.99. The second kappa shape index (κ2) is 9.67. The highest BCUT2D eigenvalue weighted by atomic mass is 32.2. The molecule has 0 aliphatic carbocycles. The van der Waals surface area contributed by atoms with Gasteiger partial charge in [0, 0.05) is 16.8 Å². The van der Waals surface area contributed by atoms with Gasteiger partial charge in [0.05, 0.1) is 23.4 Å². The highest BCUT2D eigenvalue weighted by Gasteiger charge is 2.18. The summed E-state index contributed by atoms with van der Waals surface area (Å²) in [7, 11) is 0. The maximum atomic E-state index is 13.4. The van der Waals surface area contributed by atoms with Crippen LogP contribution in [0.4, 0.5) is 5.69 Å². The topological polar surface area (TPSA) is 76.9 Å². The predicted molar refractivity (Wildman–Crippen MR) is 132 cm³/mol. The molecule has 32 heavy (non-hydrogen) atoms. The lowest BCUT2D eigenvalue weighted by atomic mass is 10.1. The van der Waals surface area contributed by atoms with Gasteiger partial charge in [0.1, 0.15) is 4.83 Å². The molecule has 0 saturated heterocycles. The number of amides is 1. The number of nitrogens with one attached hydrogen (secondary N) is 1. The molecule has 0 bridgehead atoms. The first-order valence-electron chi connectivity index (χ1n) is 10.4. The number of aryl methyl sites for hydroxylation is 3. The minimum atomic E-state index is -0.142. The molecule has 4 rings (SSSR count). The minimum Gasteiger partial charge on any atom is -0.325 e. The molecule has 0 unspecified atom stereocenters. The standard InChI is InChI=1S/C24H24N4O2S2/c1-4-17-8-10-18(11-9-17)26-20(29)14-31-24-27-22-21(15(2)16(3)32-22)23(30)28(24)13-19-7-5-6-12-25-19/h5-12H,4,13-14H2,1-3H3,(H,26,29). The van der Waals surface area contributed by atoms with Crippen LogP contribution in [-0.2, 0) is 17.8 Å². The van der Waals surface area contributed by atoms with Crippen LogP contribution in [0.2, 0.25) is 0 Å². The van der Waals surface area contributed by atoms with Gasteiger partial charge in [0.25, 0.3) is 5.56 Å². The Morgan fingerprint density at radius 2 is 1.94 bits per heavy atom.